The van der Waals surface area contributed by atoms with Crippen LogP contribution >= 0.6 is 23.5 Å². The quantitative estimate of drug-likeness (QED) is 0.508. The van der Waals surface area contributed by atoms with E-state index < -0.39 is 18.0 Å². The van der Waals surface area contributed by atoms with Crippen molar-refractivity contribution in [3.63, 3.8) is 0 Å². The van der Waals surface area contributed by atoms with Gasteiger partial charge >= 0.3 is 5.97 Å². The van der Waals surface area contributed by atoms with Crippen LogP contribution in [0, 0.1) is 5.92 Å². The predicted octanol–water partition coefficient (Wildman–Crippen LogP) is -0.638. The topological polar surface area (TPSA) is 102 Å². The van der Waals surface area contributed by atoms with Gasteiger partial charge in [0.25, 0.3) is 0 Å². The van der Waals surface area contributed by atoms with Gasteiger partial charge in [-0.3, -0.25) is 20.5 Å². The molecular weight excluding hydrogens is 302 g/mol. The molecule has 3 atom stereocenters. The smallest absolute Gasteiger partial charge is 0.354 e. The number of aliphatic carboxylic acids is 1. The van der Waals surface area contributed by atoms with Gasteiger partial charge in [0.05, 0.1) is 16.3 Å². The summed E-state index contributed by atoms with van der Waals surface area (Å²) >= 11 is 2.85. The number of carboxylic acids is 1. The number of aliphatic hydroxyl groups is 1. The molecule has 0 spiro atoms. The highest BCUT2D eigenvalue weighted by Gasteiger charge is 2.57. The monoisotopic (exact) mass is 317 g/mol. The summed E-state index contributed by atoms with van der Waals surface area (Å²) in [6.45, 7) is 3.07. The van der Waals surface area contributed by atoms with E-state index in [9.17, 15) is 19.8 Å². The van der Waals surface area contributed by atoms with Crippen LogP contribution in [0.1, 0.15) is 6.92 Å². The Bertz CT molecular complexity index is 490. The third-order valence-electron chi connectivity index (χ3n) is 3.53. The number of β-lactam (4-membered cyclic amide) rings is 1. The summed E-state index contributed by atoms with van der Waals surface area (Å²) in [5.74, 6) is -1.89. The van der Waals surface area contributed by atoms with Crippen molar-refractivity contribution in [2.45, 2.75) is 23.7 Å². The molecule has 0 aromatic carbocycles. The van der Waals surface area contributed by atoms with E-state index in [-0.39, 0.29) is 22.2 Å². The summed E-state index contributed by atoms with van der Waals surface area (Å²) in [5.41, 5.74) is 6.06. The van der Waals surface area contributed by atoms with Crippen LogP contribution in [0.5, 0.6) is 0 Å². The number of hydrogen-bond acceptors (Lipinski definition) is 7. The molecule has 0 aromatic heterocycles. The number of carboxylic acid groups (broad SMARTS) is 1. The first-order chi connectivity index (χ1) is 9.50. The van der Waals surface area contributed by atoms with Crippen LogP contribution in [0.15, 0.2) is 9.93 Å². The molecule has 3 rings (SSSR count). The summed E-state index contributed by atoms with van der Waals surface area (Å²) < 4.78 is 0.662. The number of nitrogens with zero attached hydrogens (tertiary/aromatic N) is 1. The van der Waals surface area contributed by atoms with Gasteiger partial charge in [0.1, 0.15) is 5.37 Å². The van der Waals surface area contributed by atoms with Crippen LogP contribution in [0.2, 0.25) is 0 Å². The summed E-state index contributed by atoms with van der Waals surface area (Å²) in [6, 6.07) is 0. The fourth-order valence-electron chi connectivity index (χ4n) is 2.51. The zero-order chi connectivity index (χ0) is 14.4. The van der Waals surface area contributed by atoms with Gasteiger partial charge in [-0.05, 0) is 6.92 Å². The lowest BCUT2D eigenvalue weighted by atomic mass is 9.92. The van der Waals surface area contributed by atoms with Crippen LogP contribution in [0.25, 0.3) is 0 Å². The molecule has 7 nitrogen and oxygen atoms in total. The van der Waals surface area contributed by atoms with Crippen LogP contribution in [-0.4, -0.2) is 56.8 Å². The first kappa shape index (κ1) is 14.2. The normalized spacial score (nSPS) is 31.5. The minimum absolute atomic E-state index is 0.0683. The first-order valence-corrected chi connectivity index (χ1v) is 8.04. The van der Waals surface area contributed by atoms with Gasteiger partial charge < -0.3 is 10.2 Å². The lowest BCUT2D eigenvalue weighted by molar-refractivity contribution is -0.156. The third kappa shape index (κ3) is 2.13. The molecule has 0 unspecified atom stereocenters. The maximum Gasteiger partial charge on any atom is 0.354 e. The van der Waals surface area contributed by atoms with E-state index >= 15 is 0 Å². The standard InChI is InChI=1S/C11H15N3O4S2/c1-4(15)6-8(16)14-7(10(17)18)11(20-9(6)14)19-5-2-12-13-3-5/h4-6,9,12-13,15H,2-3H2,1H3,(H,17,18)/t4-,6+,9+/m0/s1. The molecule has 0 saturated carbocycles. The number of thioether (sulfide) groups is 2. The molecule has 2 fully saturated rings. The molecule has 0 aromatic rings. The average molecular weight is 317 g/mol. The second kappa shape index (κ2) is 5.23. The number of amides is 1. The molecule has 0 bridgehead atoms. The Morgan fingerprint density at radius 3 is 2.70 bits per heavy atom. The molecule has 3 heterocycles. The number of aliphatic hydroxyl groups excluding tert-OH is 1. The summed E-state index contributed by atoms with van der Waals surface area (Å²) in [7, 11) is 0. The Kier molecular flexibility index (Phi) is 3.71. The summed E-state index contributed by atoms with van der Waals surface area (Å²) in [6.07, 6.45) is -0.759. The van der Waals surface area contributed by atoms with Crippen molar-refractivity contribution in [1.82, 2.24) is 15.8 Å². The van der Waals surface area contributed by atoms with E-state index in [4.69, 9.17) is 0 Å². The molecule has 1 amide bonds. The van der Waals surface area contributed by atoms with Gasteiger partial charge in [-0.2, -0.15) is 0 Å². The molecule has 2 saturated heterocycles. The van der Waals surface area contributed by atoms with Gasteiger partial charge in [0.2, 0.25) is 5.91 Å². The number of hydrogen-bond donors (Lipinski definition) is 4. The van der Waals surface area contributed by atoms with Gasteiger partial charge in [0, 0.05) is 18.3 Å². The number of carbonyl (C=O) groups is 2. The van der Waals surface area contributed by atoms with Crippen LogP contribution in [0.4, 0.5) is 0 Å². The molecule has 20 heavy (non-hydrogen) atoms. The zero-order valence-electron chi connectivity index (χ0n) is 10.7. The number of nitrogens with one attached hydrogen (secondary N) is 2. The van der Waals surface area contributed by atoms with Gasteiger partial charge in [-0.1, -0.05) is 11.8 Å². The van der Waals surface area contributed by atoms with Crippen LogP contribution in [0.3, 0.4) is 0 Å². The van der Waals surface area contributed by atoms with Crippen LogP contribution < -0.4 is 10.9 Å². The highest BCUT2D eigenvalue weighted by molar-refractivity contribution is 8.23. The van der Waals surface area contributed by atoms with Crippen molar-refractivity contribution in [3.8, 4) is 0 Å². The zero-order valence-corrected chi connectivity index (χ0v) is 12.3. The summed E-state index contributed by atoms with van der Waals surface area (Å²) in [5, 5.41) is 18.9. The fourth-order valence-corrected chi connectivity index (χ4v) is 5.69. The molecule has 9 heteroatoms. The Hall–Kier alpha value is -0.740. The van der Waals surface area contributed by atoms with Crippen molar-refractivity contribution >= 4 is 35.4 Å². The molecule has 0 radical (unpaired) electrons. The predicted molar refractivity (Wildman–Crippen MR) is 75.4 cm³/mol. The lowest BCUT2D eigenvalue weighted by Gasteiger charge is -2.43. The number of fused-ring (bicyclic) bond motifs is 1. The van der Waals surface area contributed by atoms with E-state index in [0.29, 0.717) is 4.24 Å². The Morgan fingerprint density at radius 1 is 1.50 bits per heavy atom. The third-order valence-corrected chi connectivity index (χ3v) is 6.33. The number of hydrazine groups is 1. The first-order valence-electron chi connectivity index (χ1n) is 6.28. The fraction of sp³-hybridized carbons (Fsp3) is 0.636. The number of rotatable bonds is 4. The molecule has 3 aliphatic rings. The van der Waals surface area contributed by atoms with E-state index in [0.717, 1.165) is 13.1 Å². The lowest BCUT2D eigenvalue weighted by Crippen LogP contribution is -2.60. The molecule has 0 aliphatic carbocycles. The SMILES string of the molecule is C[C@H](O)[C@@H]1C(=O)N2C(C(=O)O)=C(SC3CNNC3)S[C@H]12. The maximum absolute atomic E-state index is 12.0. The Labute approximate surface area is 124 Å². The Balaban J connectivity index is 1.81. The Morgan fingerprint density at radius 2 is 2.15 bits per heavy atom. The highest BCUT2D eigenvalue weighted by Crippen LogP contribution is 2.54. The van der Waals surface area contributed by atoms with E-state index in [1.807, 2.05) is 0 Å². The van der Waals surface area contributed by atoms with Crippen LogP contribution in [-0.2, 0) is 9.59 Å². The molecular formula is C11H15N3O4S2. The largest absolute Gasteiger partial charge is 0.477 e. The minimum Gasteiger partial charge on any atom is -0.477 e. The van der Waals surface area contributed by atoms with E-state index in [2.05, 4.69) is 10.9 Å². The molecule has 3 aliphatic heterocycles. The summed E-state index contributed by atoms with van der Waals surface area (Å²) in [4.78, 5) is 24.7. The van der Waals surface area contributed by atoms with Gasteiger partial charge in [-0.25, -0.2) is 4.79 Å². The van der Waals surface area contributed by atoms with Crippen molar-refractivity contribution in [3.05, 3.63) is 9.93 Å². The molecule has 110 valence electrons. The maximum atomic E-state index is 12.0. The van der Waals surface area contributed by atoms with Gasteiger partial charge in [-0.15, -0.1) is 11.8 Å². The highest BCUT2D eigenvalue weighted by atomic mass is 32.2. The van der Waals surface area contributed by atoms with E-state index in [1.54, 1.807) is 6.92 Å². The minimum atomic E-state index is -1.08. The van der Waals surface area contributed by atoms with Crippen molar-refractivity contribution in [1.29, 1.82) is 0 Å². The van der Waals surface area contributed by atoms with E-state index in [1.165, 1.54) is 28.4 Å². The van der Waals surface area contributed by atoms with Crippen molar-refractivity contribution in [2.75, 3.05) is 13.1 Å². The van der Waals surface area contributed by atoms with Gasteiger partial charge in [0.15, 0.2) is 5.70 Å². The van der Waals surface area contributed by atoms with Crippen molar-refractivity contribution < 1.29 is 19.8 Å². The average Bonchev–Trinajstić information content (AvgIpc) is 2.95. The van der Waals surface area contributed by atoms with Crippen molar-refractivity contribution in [2.24, 2.45) is 5.92 Å². The second-order valence-corrected chi connectivity index (χ2v) is 7.62. The second-order valence-electron chi connectivity index (χ2n) is 4.93. The number of carbonyl (C=O) groups excluding carboxylic acids is 1. The molecule has 4 N–H and O–H groups in total.